The summed E-state index contributed by atoms with van der Waals surface area (Å²) >= 11 is 6.13. The summed E-state index contributed by atoms with van der Waals surface area (Å²) in [6.07, 6.45) is 0.994. The smallest absolute Gasteiger partial charge is 0.344 e. The second-order valence-corrected chi connectivity index (χ2v) is 9.47. The zero-order valence-electron chi connectivity index (χ0n) is 17.9. The second-order valence-electron chi connectivity index (χ2n) is 7.01. The molecule has 1 heterocycles. The molecular weight excluding hydrogens is 425 g/mol. The van der Waals surface area contributed by atoms with Crippen molar-refractivity contribution in [1.29, 1.82) is 0 Å². The highest BCUT2D eigenvalue weighted by atomic mass is 35.5. The van der Waals surface area contributed by atoms with Crippen LogP contribution >= 0.6 is 19.2 Å². The summed E-state index contributed by atoms with van der Waals surface area (Å²) < 4.78 is 35.5. The van der Waals surface area contributed by atoms with Crippen LogP contribution in [-0.2, 0) is 20.0 Å². The van der Waals surface area contributed by atoms with Crippen LogP contribution in [0.5, 0.6) is 11.5 Å². The van der Waals surface area contributed by atoms with E-state index in [4.69, 9.17) is 30.1 Å². The van der Waals surface area contributed by atoms with E-state index in [2.05, 4.69) is 4.90 Å². The molecule has 3 rings (SSSR count). The van der Waals surface area contributed by atoms with E-state index in [-0.39, 0.29) is 12.3 Å². The van der Waals surface area contributed by atoms with Crippen molar-refractivity contribution in [2.75, 3.05) is 40.3 Å². The number of rotatable bonds is 9. The zero-order valence-corrected chi connectivity index (χ0v) is 19.5. The Labute approximate surface area is 183 Å². The molecule has 0 saturated heterocycles. The molecule has 0 saturated carbocycles. The molecule has 6 nitrogen and oxygen atoms in total. The topological polar surface area (TPSA) is 57.2 Å². The third-order valence-corrected chi connectivity index (χ3v) is 7.43. The number of ether oxygens (including phenoxy) is 2. The molecule has 0 N–H and O–H groups in total. The fourth-order valence-corrected chi connectivity index (χ4v) is 5.82. The third kappa shape index (κ3) is 5.01. The van der Waals surface area contributed by atoms with Gasteiger partial charge in [0, 0.05) is 11.6 Å². The number of fused-ring (bicyclic) bond motifs is 1. The molecule has 0 spiro atoms. The van der Waals surface area contributed by atoms with Gasteiger partial charge in [-0.05, 0) is 61.2 Å². The molecule has 8 heteroatoms. The SMILES string of the molecule is CCOP(=O)(CN1CCc2cc(OC)c(OC)cc2C1c1ccc(Cl)cc1)OCC. The lowest BCUT2D eigenvalue weighted by atomic mass is 9.88. The van der Waals surface area contributed by atoms with Crippen LogP contribution < -0.4 is 9.47 Å². The second kappa shape index (κ2) is 10.2. The van der Waals surface area contributed by atoms with E-state index in [0.717, 1.165) is 17.5 Å². The van der Waals surface area contributed by atoms with Gasteiger partial charge < -0.3 is 18.5 Å². The molecule has 2 aromatic rings. The molecule has 1 atom stereocenters. The van der Waals surface area contributed by atoms with Crippen molar-refractivity contribution >= 4 is 19.2 Å². The van der Waals surface area contributed by atoms with E-state index < -0.39 is 7.60 Å². The van der Waals surface area contributed by atoms with E-state index in [9.17, 15) is 4.57 Å². The number of hydrogen-bond acceptors (Lipinski definition) is 6. The Balaban J connectivity index is 2.08. The summed E-state index contributed by atoms with van der Waals surface area (Å²) in [7, 11) is 0.00370. The average Bonchev–Trinajstić information content (AvgIpc) is 2.73. The molecule has 0 radical (unpaired) electrons. The number of nitrogens with zero attached hydrogens (tertiary/aromatic N) is 1. The van der Waals surface area contributed by atoms with Crippen molar-refractivity contribution in [2.45, 2.75) is 26.3 Å². The van der Waals surface area contributed by atoms with Gasteiger partial charge in [-0.15, -0.1) is 0 Å². The first-order chi connectivity index (χ1) is 14.4. The van der Waals surface area contributed by atoms with Gasteiger partial charge in [-0.1, -0.05) is 23.7 Å². The highest BCUT2D eigenvalue weighted by Gasteiger charge is 2.36. The summed E-state index contributed by atoms with van der Waals surface area (Å²) in [5, 5.41) is 0.669. The van der Waals surface area contributed by atoms with Gasteiger partial charge in [0.05, 0.1) is 33.5 Å². The molecule has 1 aliphatic heterocycles. The van der Waals surface area contributed by atoms with Gasteiger partial charge in [0.2, 0.25) is 0 Å². The van der Waals surface area contributed by atoms with Crippen LogP contribution in [0.25, 0.3) is 0 Å². The molecule has 0 amide bonds. The summed E-state index contributed by atoms with van der Waals surface area (Å²) in [6.45, 7) is 5.02. The molecule has 0 fully saturated rings. The fourth-order valence-electron chi connectivity index (χ4n) is 3.92. The number of benzene rings is 2. The Bertz CT molecular complexity index is 895. The maximum Gasteiger partial charge on any atom is 0.344 e. The number of hydrogen-bond donors (Lipinski definition) is 0. The van der Waals surface area contributed by atoms with Crippen molar-refractivity contribution in [3.05, 3.63) is 58.1 Å². The van der Waals surface area contributed by atoms with Crippen molar-refractivity contribution in [1.82, 2.24) is 4.90 Å². The minimum atomic E-state index is -3.26. The van der Waals surface area contributed by atoms with Crippen LogP contribution in [0.3, 0.4) is 0 Å². The van der Waals surface area contributed by atoms with Crippen LogP contribution in [0.2, 0.25) is 5.02 Å². The lowest BCUT2D eigenvalue weighted by molar-refractivity contribution is 0.178. The average molecular weight is 454 g/mol. The van der Waals surface area contributed by atoms with Gasteiger partial charge in [0.1, 0.15) is 6.29 Å². The van der Waals surface area contributed by atoms with E-state index in [1.54, 1.807) is 14.2 Å². The lowest BCUT2D eigenvalue weighted by Crippen LogP contribution is -2.37. The van der Waals surface area contributed by atoms with Gasteiger partial charge in [-0.3, -0.25) is 9.46 Å². The maximum absolute atomic E-state index is 13.3. The molecule has 30 heavy (non-hydrogen) atoms. The van der Waals surface area contributed by atoms with Gasteiger partial charge in [0.15, 0.2) is 11.5 Å². The maximum atomic E-state index is 13.3. The predicted octanol–water partition coefficient (Wildman–Crippen LogP) is 5.53. The number of halogens is 1. The van der Waals surface area contributed by atoms with Crippen molar-refractivity contribution in [2.24, 2.45) is 0 Å². The Morgan fingerprint density at radius 1 is 1.03 bits per heavy atom. The van der Waals surface area contributed by atoms with Crippen LogP contribution in [0.4, 0.5) is 0 Å². The molecule has 1 aliphatic rings. The fraction of sp³-hybridized carbons (Fsp3) is 0.455. The van der Waals surface area contributed by atoms with Crippen LogP contribution in [0.15, 0.2) is 36.4 Å². The molecule has 0 aliphatic carbocycles. The van der Waals surface area contributed by atoms with Crippen LogP contribution in [0.1, 0.15) is 36.6 Å². The first-order valence-electron chi connectivity index (χ1n) is 10.1. The quantitative estimate of drug-likeness (QED) is 0.465. The van der Waals surface area contributed by atoms with Crippen molar-refractivity contribution < 1.29 is 23.1 Å². The van der Waals surface area contributed by atoms with Crippen molar-refractivity contribution in [3.63, 3.8) is 0 Å². The largest absolute Gasteiger partial charge is 0.493 e. The van der Waals surface area contributed by atoms with Gasteiger partial charge in [0.25, 0.3) is 0 Å². The van der Waals surface area contributed by atoms with Crippen LogP contribution in [-0.4, -0.2) is 45.2 Å². The Kier molecular flexibility index (Phi) is 7.83. The molecule has 0 aromatic heterocycles. The number of methoxy groups -OCH3 is 2. The first kappa shape index (κ1) is 23.1. The molecular formula is C22H29ClNO5P. The monoisotopic (exact) mass is 453 g/mol. The summed E-state index contributed by atoms with van der Waals surface area (Å²) in [5.74, 6) is 1.36. The Hall–Kier alpha value is -1.56. The van der Waals surface area contributed by atoms with Crippen molar-refractivity contribution in [3.8, 4) is 11.5 Å². The third-order valence-electron chi connectivity index (χ3n) is 5.17. The normalized spacial score (nSPS) is 16.9. The van der Waals surface area contributed by atoms with Crippen LogP contribution in [0, 0.1) is 0 Å². The van der Waals surface area contributed by atoms with E-state index in [1.165, 1.54) is 5.56 Å². The van der Waals surface area contributed by atoms with Gasteiger partial charge >= 0.3 is 7.60 Å². The predicted molar refractivity (Wildman–Crippen MR) is 119 cm³/mol. The first-order valence-corrected chi connectivity index (χ1v) is 12.2. The zero-order chi connectivity index (χ0) is 21.7. The highest BCUT2D eigenvalue weighted by molar-refractivity contribution is 7.53. The Morgan fingerprint density at radius 2 is 1.63 bits per heavy atom. The minimum absolute atomic E-state index is 0.139. The summed E-state index contributed by atoms with van der Waals surface area (Å²) in [4.78, 5) is 2.16. The summed E-state index contributed by atoms with van der Waals surface area (Å²) in [5.41, 5.74) is 3.30. The van der Waals surface area contributed by atoms with E-state index >= 15 is 0 Å². The lowest BCUT2D eigenvalue weighted by Gasteiger charge is -2.39. The molecule has 2 aromatic carbocycles. The van der Waals surface area contributed by atoms with E-state index in [1.807, 2.05) is 50.2 Å². The van der Waals surface area contributed by atoms with Gasteiger partial charge in [-0.2, -0.15) is 0 Å². The molecule has 1 unspecified atom stereocenters. The Morgan fingerprint density at radius 3 is 2.20 bits per heavy atom. The standard InChI is InChI=1S/C22H29ClNO5P/c1-5-28-30(25,29-6-2)15-24-12-11-17-13-20(26-3)21(27-4)14-19(17)22(24)16-7-9-18(23)10-8-16/h7-10,13-14,22H,5-6,11-12,15H2,1-4H3. The highest BCUT2D eigenvalue weighted by Crippen LogP contribution is 2.52. The molecule has 0 bridgehead atoms. The molecule has 164 valence electrons. The van der Waals surface area contributed by atoms with E-state index in [0.29, 0.717) is 36.3 Å². The van der Waals surface area contributed by atoms with Gasteiger partial charge in [-0.25, -0.2) is 0 Å². The summed E-state index contributed by atoms with van der Waals surface area (Å²) in [6, 6.07) is 11.6. The minimum Gasteiger partial charge on any atom is -0.493 e.